The number of sulfonamides is 1. The van der Waals surface area contributed by atoms with Gasteiger partial charge in [-0.2, -0.15) is 11.8 Å². The lowest BCUT2D eigenvalue weighted by Gasteiger charge is -2.08. The highest BCUT2D eigenvalue weighted by Gasteiger charge is 2.13. The molecule has 0 radical (unpaired) electrons. The van der Waals surface area contributed by atoms with Gasteiger partial charge in [0.05, 0.1) is 4.90 Å². The molecule has 1 amide bonds. The Labute approximate surface area is 153 Å². The average molecular weight is 379 g/mol. The van der Waals surface area contributed by atoms with Crippen LogP contribution in [0.15, 0.2) is 53.4 Å². The summed E-state index contributed by atoms with van der Waals surface area (Å²) < 4.78 is 25.8. The molecule has 0 unspecified atom stereocenters. The fourth-order valence-corrected chi connectivity index (χ4v) is 3.83. The van der Waals surface area contributed by atoms with Crippen LogP contribution in [-0.4, -0.2) is 33.7 Å². The number of carbonyl (C=O) groups is 1. The Bertz CT molecular complexity index is 836. The van der Waals surface area contributed by atoms with Crippen molar-refractivity contribution in [2.75, 3.05) is 19.3 Å². The number of benzene rings is 2. The normalized spacial score (nSPS) is 11.3. The zero-order chi connectivity index (χ0) is 18.3. The summed E-state index contributed by atoms with van der Waals surface area (Å²) in [6, 6.07) is 14.3. The zero-order valence-electron chi connectivity index (χ0n) is 14.3. The molecule has 0 fully saturated rings. The van der Waals surface area contributed by atoms with Crippen molar-refractivity contribution in [2.45, 2.75) is 17.6 Å². The van der Waals surface area contributed by atoms with Crippen molar-refractivity contribution in [3.05, 3.63) is 65.2 Å². The zero-order valence-corrected chi connectivity index (χ0v) is 15.9. The first-order chi connectivity index (χ1) is 11.9. The van der Waals surface area contributed by atoms with Gasteiger partial charge >= 0.3 is 0 Å². The molecule has 0 bridgehead atoms. The molecule has 2 N–H and O–H groups in total. The van der Waals surface area contributed by atoms with E-state index in [0.29, 0.717) is 12.1 Å². The third kappa shape index (κ3) is 5.88. The fraction of sp³-hybridized carbons (Fsp3) is 0.278. The Morgan fingerprint density at radius 2 is 1.88 bits per heavy atom. The number of hydrogen-bond acceptors (Lipinski definition) is 4. The van der Waals surface area contributed by atoms with Gasteiger partial charge in [-0.25, -0.2) is 13.1 Å². The Kier molecular flexibility index (Phi) is 7.04. The summed E-state index contributed by atoms with van der Waals surface area (Å²) in [6.07, 6.45) is 0. The first kappa shape index (κ1) is 19.5. The molecule has 0 atom stereocenters. The second-order valence-electron chi connectivity index (χ2n) is 5.53. The molecule has 0 saturated heterocycles. The van der Waals surface area contributed by atoms with Crippen LogP contribution in [0, 0.1) is 6.92 Å². The maximum atomic E-state index is 12.2. The largest absolute Gasteiger partial charge is 0.351 e. The fourth-order valence-electron chi connectivity index (χ4n) is 2.25. The second kappa shape index (κ2) is 9.03. The third-order valence-corrected chi connectivity index (χ3v) is 6.00. The summed E-state index contributed by atoms with van der Waals surface area (Å²) >= 11 is 1.74. The minimum atomic E-state index is -3.55. The van der Waals surface area contributed by atoms with E-state index >= 15 is 0 Å². The van der Waals surface area contributed by atoms with Gasteiger partial charge in [-0.15, -0.1) is 0 Å². The number of thioether (sulfide) groups is 1. The molecule has 5 nitrogen and oxygen atoms in total. The van der Waals surface area contributed by atoms with E-state index < -0.39 is 10.0 Å². The lowest BCUT2D eigenvalue weighted by atomic mass is 10.2. The van der Waals surface area contributed by atoms with Crippen LogP contribution in [-0.2, 0) is 15.8 Å². The number of aryl methyl sites for hydroxylation is 1. The highest BCUT2D eigenvalue weighted by molar-refractivity contribution is 7.98. The Morgan fingerprint density at radius 1 is 1.12 bits per heavy atom. The molecular weight excluding hydrogens is 356 g/mol. The van der Waals surface area contributed by atoms with E-state index in [0.717, 1.165) is 11.5 Å². The molecule has 0 spiro atoms. The van der Waals surface area contributed by atoms with Crippen LogP contribution in [0.1, 0.15) is 21.5 Å². The van der Waals surface area contributed by atoms with E-state index in [1.165, 1.54) is 30.3 Å². The standard InChI is InChI=1S/C18H22N2O3S2/c1-14-5-3-6-15(11-14)13-24-10-9-20-18(21)16-7-4-8-17(12-16)25(22,23)19-2/h3-8,11-12,19H,9-10,13H2,1-2H3,(H,20,21). The van der Waals surface area contributed by atoms with Gasteiger partial charge in [0.1, 0.15) is 0 Å². The van der Waals surface area contributed by atoms with Gasteiger partial charge in [0.2, 0.25) is 10.0 Å². The number of rotatable bonds is 8. The summed E-state index contributed by atoms with van der Waals surface area (Å²) in [6.45, 7) is 2.59. The van der Waals surface area contributed by atoms with Crippen LogP contribution in [0.4, 0.5) is 0 Å². The minimum Gasteiger partial charge on any atom is -0.351 e. The van der Waals surface area contributed by atoms with E-state index in [9.17, 15) is 13.2 Å². The highest BCUT2D eigenvalue weighted by atomic mass is 32.2. The van der Waals surface area contributed by atoms with E-state index in [4.69, 9.17) is 0 Å². The van der Waals surface area contributed by atoms with Gasteiger partial charge < -0.3 is 5.32 Å². The molecule has 0 aliphatic carbocycles. The molecule has 2 rings (SSSR count). The van der Waals surface area contributed by atoms with Crippen molar-refractivity contribution in [3.8, 4) is 0 Å². The smallest absolute Gasteiger partial charge is 0.251 e. The second-order valence-corrected chi connectivity index (χ2v) is 8.52. The molecule has 0 aliphatic heterocycles. The lowest BCUT2D eigenvalue weighted by Crippen LogP contribution is -2.26. The van der Waals surface area contributed by atoms with Crippen LogP contribution < -0.4 is 10.0 Å². The molecule has 134 valence electrons. The molecule has 0 saturated carbocycles. The van der Waals surface area contributed by atoms with Gasteiger partial charge in [-0.05, 0) is 37.7 Å². The first-order valence-electron chi connectivity index (χ1n) is 7.87. The summed E-state index contributed by atoms with van der Waals surface area (Å²) in [7, 11) is -2.21. The first-order valence-corrected chi connectivity index (χ1v) is 10.5. The molecule has 0 heterocycles. The SMILES string of the molecule is CNS(=O)(=O)c1cccc(C(=O)NCCSCc2cccc(C)c2)c1. The van der Waals surface area contributed by atoms with Crippen LogP contribution >= 0.6 is 11.8 Å². The van der Waals surface area contributed by atoms with E-state index in [1.807, 2.05) is 6.07 Å². The Balaban J connectivity index is 1.82. The van der Waals surface area contributed by atoms with E-state index in [2.05, 4.69) is 35.2 Å². The summed E-state index contributed by atoms with van der Waals surface area (Å²) in [5.74, 6) is 1.41. The number of hydrogen-bond donors (Lipinski definition) is 2. The predicted octanol–water partition coefficient (Wildman–Crippen LogP) is 2.57. The molecule has 25 heavy (non-hydrogen) atoms. The van der Waals surface area contributed by atoms with Crippen LogP contribution in [0.5, 0.6) is 0 Å². The summed E-state index contributed by atoms with van der Waals surface area (Å²) in [4.78, 5) is 12.2. The third-order valence-electron chi connectivity index (χ3n) is 3.56. The molecule has 0 aliphatic rings. The maximum Gasteiger partial charge on any atom is 0.251 e. The van der Waals surface area contributed by atoms with Gasteiger partial charge in [0.15, 0.2) is 0 Å². The molecule has 2 aromatic carbocycles. The molecule has 7 heteroatoms. The van der Waals surface area contributed by atoms with Crippen molar-refractivity contribution in [1.82, 2.24) is 10.0 Å². The highest BCUT2D eigenvalue weighted by Crippen LogP contribution is 2.13. The van der Waals surface area contributed by atoms with Gasteiger partial charge in [0.25, 0.3) is 5.91 Å². The quantitative estimate of drug-likeness (QED) is 0.692. The topological polar surface area (TPSA) is 75.3 Å². The lowest BCUT2D eigenvalue weighted by molar-refractivity contribution is 0.0956. The van der Waals surface area contributed by atoms with E-state index in [1.54, 1.807) is 23.9 Å². The average Bonchev–Trinajstić information content (AvgIpc) is 2.61. The van der Waals surface area contributed by atoms with Crippen molar-refractivity contribution in [2.24, 2.45) is 0 Å². The van der Waals surface area contributed by atoms with Crippen LogP contribution in [0.3, 0.4) is 0 Å². The number of amides is 1. The maximum absolute atomic E-state index is 12.2. The predicted molar refractivity (Wildman–Crippen MR) is 102 cm³/mol. The van der Waals surface area contributed by atoms with Gasteiger partial charge in [-0.3, -0.25) is 4.79 Å². The molecule has 0 aromatic heterocycles. The summed E-state index contributed by atoms with van der Waals surface area (Å²) in [5, 5.41) is 2.82. The minimum absolute atomic E-state index is 0.0801. The number of carbonyl (C=O) groups excluding carboxylic acids is 1. The van der Waals surface area contributed by atoms with Crippen molar-refractivity contribution in [1.29, 1.82) is 0 Å². The van der Waals surface area contributed by atoms with Crippen molar-refractivity contribution in [3.63, 3.8) is 0 Å². The van der Waals surface area contributed by atoms with Crippen molar-refractivity contribution >= 4 is 27.7 Å². The monoisotopic (exact) mass is 378 g/mol. The van der Waals surface area contributed by atoms with Crippen molar-refractivity contribution < 1.29 is 13.2 Å². The Morgan fingerprint density at radius 3 is 2.60 bits per heavy atom. The molecule has 2 aromatic rings. The van der Waals surface area contributed by atoms with Gasteiger partial charge in [0, 0.05) is 23.6 Å². The Hall–Kier alpha value is -1.83. The summed E-state index contributed by atoms with van der Waals surface area (Å²) in [5.41, 5.74) is 2.84. The van der Waals surface area contributed by atoms with Crippen LogP contribution in [0.2, 0.25) is 0 Å². The van der Waals surface area contributed by atoms with Crippen LogP contribution in [0.25, 0.3) is 0 Å². The molecular formula is C18H22N2O3S2. The van der Waals surface area contributed by atoms with E-state index in [-0.39, 0.29) is 10.8 Å². The number of nitrogens with one attached hydrogen (secondary N) is 2. The van der Waals surface area contributed by atoms with Gasteiger partial charge in [-0.1, -0.05) is 35.9 Å².